The van der Waals surface area contributed by atoms with Gasteiger partial charge in [0.05, 0.1) is 0 Å². The second-order valence-corrected chi connectivity index (χ2v) is 8.18. The monoisotopic (exact) mass is 234 g/mol. The molecule has 0 amide bonds. The highest BCUT2D eigenvalue weighted by molar-refractivity contribution is 8.00. The van der Waals surface area contributed by atoms with Gasteiger partial charge >= 0.3 is 0 Å². The van der Waals surface area contributed by atoms with E-state index in [0.29, 0.717) is 4.75 Å². The van der Waals surface area contributed by atoms with Crippen molar-refractivity contribution < 1.29 is 0 Å². The Morgan fingerprint density at radius 3 is 2.25 bits per heavy atom. The van der Waals surface area contributed by atoms with E-state index in [9.17, 15) is 0 Å². The molecule has 4 fully saturated rings. The molecule has 5 aliphatic rings. The lowest BCUT2D eigenvalue weighted by molar-refractivity contribution is -0.0167. The Bertz CT molecular complexity index is 313. The van der Waals surface area contributed by atoms with Crippen molar-refractivity contribution in [2.45, 2.75) is 50.2 Å². The number of thioether (sulfide) groups is 1. The third-order valence-electron chi connectivity index (χ3n) is 5.86. The van der Waals surface area contributed by atoms with E-state index < -0.39 is 0 Å². The van der Waals surface area contributed by atoms with Crippen molar-refractivity contribution in [3.8, 4) is 0 Å². The molecule has 0 radical (unpaired) electrons. The maximum absolute atomic E-state index is 2.47. The van der Waals surface area contributed by atoms with Crippen LogP contribution in [0.5, 0.6) is 0 Å². The molecule has 4 aliphatic carbocycles. The standard InChI is InChI=1S/C15H22S/c1-10-2-3-16-15(9-10)13-5-11-4-12(7-13)8-14(15)6-11/h2,11-14H,3-9H2,1H3. The van der Waals surface area contributed by atoms with Crippen molar-refractivity contribution in [2.75, 3.05) is 5.75 Å². The van der Waals surface area contributed by atoms with Gasteiger partial charge in [-0.3, -0.25) is 0 Å². The molecule has 0 unspecified atom stereocenters. The minimum Gasteiger partial charge on any atom is -0.150 e. The van der Waals surface area contributed by atoms with Crippen LogP contribution < -0.4 is 0 Å². The summed E-state index contributed by atoms with van der Waals surface area (Å²) in [5.41, 5.74) is 1.69. The summed E-state index contributed by atoms with van der Waals surface area (Å²) in [6, 6.07) is 0. The molecule has 1 aliphatic heterocycles. The number of allylic oxidation sites excluding steroid dienone is 1. The van der Waals surface area contributed by atoms with Gasteiger partial charge in [0.25, 0.3) is 0 Å². The second-order valence-electron chi connectivity index (χ2n) is 6.80. The molecular weight excluding hydrogens is 212 g/mol. The fourth-order valence-electron chi connectivity index (χ4n) is 5.40. The van der Waals surface area contributed by atoms with Crippen molar-refractivity contribution in [2.24, 2.45) is 23.7 Å². The van der Waals surface area contributed by atoms with Crippen LogP contribution in [0.15, 0.2) is 11.6 Å². The average Bonchev–Trinajstić information content (AvgIpc) is 2.25. The van der Waals surface area contributed by atoms with E-state index in [0.717, 1.165) is 23.7 Å². The molecule has 5 rings (SSSR count). The van der Waals surface area contributed by atoms with Crippen molar-refractivity contribution >= 4 is 11.8 Å². The molecule has 88 valence electrons. The largest absolute Gasteiger partial charge is 0.150 e. The van der Waals surface area contributed by atoms with Gasteiger partial charge in [-0.05, 0) is 69.1 Å². The van der Waals surface area contributed by atoms with Gasteiger partial charge < -0.3 is 0 Å². The lowest BCUT2D eigenvalue weighted by atomic mass is 9.50. The van der Waals surface area contributed by atoms with Gasteiger partial charge in [0.15, 0.2) is 0 Å². The third-order valence-corrected chi connectivity index (χ3v) is 7.54. The summed E-state index contributed by atoms with van der Waals surface area (Å²) in [4.78, 5) is 0. The van der Waals surface area contributed by atoms with Gasteiger partial charge in [0, 0.05) is 10.5 Å². The van der Waals surface area contributed by atoms with Crippen LogP contribution in [0, 0.1) is 23.7 Å². The van der Waals surface area contributed by atoms with E-state index in [2.05, 4.69) is 24.8 Å². The third kappa shape index (κ3) is 1.24. The highest BCUT2D eigenvalue weighted by Gasteiger charge is 2.57. The minimum atomic E-state index is 0.701. The lowest BCUT2D eigenvalue weighted by Crippen LogP contribution is -2.56. The lowest BCUT2D eigenvalue weighted by Gasteiger charge is -2.62. The van der Waals surface area contributed by atoms with Crippen molar-refractivity contribution in [1.82, 2.24) is 0 Å². The summed E-state index contributed by atoms with van der Waals surface area (Å²) in [6.07, 6.45) is 11.8. The predicted octanol–water partition coefficient (Wildman–Crippen LogP) is 4.26. The first-order chi connectivity index (χ1) is 7.76. The van der Waals surface area contributed by atoms with E-state index >= 15 is 0 Å². The quantitative estimate of drug-likeness (QED) is 0.564. The van der Waals surface area contributed by atoms with Crippen molar-refractivity contribution in [3.63, 3.8) is 0 Å². The molecule has 0 aromatic rings. The van der Waals surface area contributed by atoms with E-state index in [-0.39, 0.29) is 0 Å². The van der Waals surface area contributed by atoms with Crippen LogP contribution in [0.2, 0.25) is 0 Å². The molecule has 4 bridgehead atoms. The van der Waals surface area contributed by atoms with E-state index in [1.165, 1.54) is 12.2 Å². The fraction of sp³-hybridized carbons (Fsp3) is 0.867. The Morgan fingerprint density at radius 1 is 1.06 bits per heavy atom. The highest BCUT2D eigenvalue weighted by atomic mass is 32.2. The Hall–Kier alpha value is 0.0900. The molecular formula is C15H22S. The zero-order valence-electron chi connectivity index (χ0n) is 10.2. The Morgan fingerprint density at radius 2 is 1.69 bits per heavy atom. The van der Waals surface area contributed by atoms with Crippen LogP contribution in [0.25, 0.3) is 0 Å². The highest BCUT2D eigenvalue weighted by Crippen LogP contribution is 2.65. The molecule has 1 heteroatoms. The molecule has 0 nitrogen and oxygen atoms in total. The zero-order chi connectivity index (χ0) is 10.8. The fourth-order valence-corrected chi connectivity index (χ4v) is 7.27. The normalized spacial score (nSPS) is 54.4. The molecule has 4 saturated carbocycles. The maximum atomic E-state index is 2.47. The molecule has 0 saturated heterocycles. The summed E-state index contributed by atoms with van der Waals surface area (Å²) < 4.78 is 0.701. The molecule has 1 heterocycles. The van der Waals surface area contributed by atoms with Crippen molar-refractivity contribution in [1.29, 1.82) is 0 Å². The topological polar surface area (TPSA) is 0 Å². The van der Waals surface area contributed by atoms with Crippen molar-refractivity contribution in [3.05, 3.63) is 11.6 Å². The second kappa shape index (κ2) is 3.31. The molecule has 1 spiro atoms. The number of hydrogen-bond donors (Lipinski definition) is 0. The maximum Gasteiger partial charge on any atom is 0.0256 e. The summed E-state index contributed by atoms with van der Waals surface area (Å²) in [6.45, 7) is 2.37. The summed E-state index contributed by atoms with van der Waals surface area (Å²) in [5.74, 6) is 5.71. The van der Waals surface area contributed by atoms with Crippen LogP contribution in [0.3, 0.4) is 0 Å². The molecule has 0 atom stereocenters. The van der Waals surface area contributed by atoms with E-state index in [4.69, 9.17) is 0 Å². The van der Waals surface area contributed by atoms with Gasteiger partial charge in [0.2, 0.25) is 0 Å². The zero-order valence-corrected chi connectivity index (χ0v) is 11.1. The Kier molecular flexibility index (Phi) is 2.08. The Balaban J connectivity index is 1.71. The molecule has 16 heavy (non-hydrogen) atoms. The van der Waals surface area contributed by atoms with Crippen LogP contribution in [-0.4, -0.2) is 10.5 Å². The van der Waals surface area contributed by atoms with E-state index in [1.54, 1.807) is 37.7 Å². The molecule has 0 aromatic carbocycles. The van der Waals surface area contributed by atoms with E-state index in [1.807, 2.05) is 0 Å². The van der Waals surface area contributed by atoms with Crippen LogP contribution in [0.1, 0.15) is 45.4 Å². The van der Waals surface area contributed by atoms with Crippen LogP contribution in [-0.2, 0) is 0 Å². The first kappa shape index (κ1) is 10.1. The average molecular weight is 234 g/mol. The minimum absolute atomic E-state index is 0.701. The van der Waals surface area contributed by atoms with Gasteiger partial charge in [-0.15, -0.1) is 0 Å². The van der Waals surface area contributed by atoms with Gasteiger partial charge in [-0.1, -0.05) is 11.6 Å². The SMILES string of the molecule is CC1=CCSC2(C1)C1CC3CC(C1)CC2C3. The first-order valence-corrected chi connectivity index (χ1v) is 8.04. The number of rotatable bonds is 0. The summed E-state index contributed by atoms with van der Waals surface area (Å²) >= 11 is 2.33. The van der Waals surface area contributed by atoms with Gasteiger partial charge in [-0.2, -0.15) is 11.8 Å². The van der Waals surface area contributed by atoms with Gasteiger partial charge in [-0.25, -0.2) is 0 Å². The Labute approximate surface area is 103 Å². The molecule has 0 aromatic heterocycles. The van der Waals surface area contributed by atoms with Crippen LogP contribution in [0.4, 0.5) is 0 Å². The van der Waals surface area contributed by atoms with Gasteiger partial charge in [0.1, 0.15) is 0 Å². The molecule has 0 N–H and O–H groups in total. The smallest absolute Gasteiger partial charge is 0.0256 e. The summed E-state index contributed by atoms with van der Waals surface area (Å²) in [5, 5.41) is 0. The predicted molar refractivity (Wildman–Crippen MR) is 70.6 cm³/mol. The number of hydrogen-bond acceptors (Lipinski definition) is 1. The summed E-state index contributed by atoms with van der Waals surface area (Å²) in [7, 11) is 0. The van der Waals surface area contributed by atoms with Crippen LogP contribution >= 0.6 is 11.8 Å². The first-order valence-electron chi connectivity index (χ1n) is 7.06.